The van der Waals surface area contributed by atoms with Gasteiger partial charge in [0.1, 0.15) is 11.1 Å². The fourth-order valence-corrected chi connectivity index (χ4v) is 5.60. The minimum absolute atomic E-state index is 0.0592. The lowest BCUT2D eigenvalue weighted by Gasteiger charge is -2.26. The number of hydrogen-bond acceptors (Lipinski definition) is 4. The van der Waals surface area contributed by atoms with E-state index < -0.39 is 0 Å². The van der Waals surface area contributed by atoms with E-state index in [0.29, 0.717) is 17.9 Å². The van der Waals surface area contributed by atoms with Gasteiger partial charge >= 0.3 is 0 Å². The van der Waals surface area contributed by atoms with Crippen molar-refractivity contribution in [1.29, 1.82) is 0 Å². The molecule has 5 nitrogen and oxygen atoms in total. The Kier molecular flexibility index (Phi) is 5.55. The van der Waals surface area contributed by atoms with Crippen LogP contribution in [-0.4, -0.2) is 22.5 Å². The maximum Gasteiger partial charge on any atom is 0.251 e. The van der Waals surface area contributed by atoms with Crippen LogP contribution in [0, 0.1) is 0 Å². The molecule has 0 radical (unpaired) electrons. The van der Waals surface area contributed by atoms with Gasteiger partial charge < -0.3 is 14.6 Å². The molecule has 0 saturated carbocycles. The van der Waals surface area contributed by atoms with E-state index in [2.05, 4.69) is 23.5 Å². The number of nitrogens with one attached hydrogen (secondary N) is 1. The van der Waals surface area contributed by atoms with Crippen molar-refractivity contribution in [2.45, 2.75) is 37.2 Å². The number of furan rings is 1. The summed E-state index contributed by atoms with van der Waals surface area (Å²) in [6.07, 6.45) is 4.74. The van der Waals surface area contributed by atoms with Crippen molar-refractivity contribution in [1.82, 2.24) is 10.2 Å². The predicted octanol–water partition coefficient (Wildman–Crippen LogP) is 4.86. The molecule has 158 valence electrons. The first-order valence-corrected chi connectivity index (χ1v) is 11.7. The predicted molar refractivity (Wildman–Crippen MR) is 120 cm³/mol. The third-order valence-corrected chi connectivity index (χ3v) is 7.26. The zero-order valence-corrected chi connectivity index (χ0v) is 17.9. The molecule has 1 saturated heterocycles. The maximum atomic E-state index is 12.9. The number of hydrogen-bond donors (Lipinski definition) is 1. The lowest BCUT2D eigenvalue weighted by Crippen LogP contribution is -2.31. The Morgan fingerprint density at radius 1 is 1.10 bits per heavy atom. The van der Waals surface area contributed by atoms with E-state index in [1.165, 1.54) is 11.1 Å². The number of rotatable bonds is 5. The fraction of sp³-hybridized carbons (Fsp3) is 0.280. The summed E-state index contributed by atoms with van der Waals surface area (Å²) >= 11 is 1.60. The molecular weight excluding hydrogens is 408 g/mol. The highest BCUT2D eigenvalue weighted by Gasteiger charge is 2.33. The topological polar surface area (TPSA) is 62.6 Å². The summed E-state index contributed by atoms with van der Waals surface area (Å²) in [5, 5.41) is 3.14. The smallest absolute Gasteiger partial charge is 0.251 e. The van der Waals surface area contributed by atoms with E-state index in [1.807, 2.05) is 47.4 Å². The molecule has 2 amide bonds. The van der Waals surface area contributed by atoms with Crippen molar-refractivity contribution >= 4 is 23.6 Å². The molecule has 1 fully saturated rings. The van der Waals surface area contributed by atoms with Gasteiger partial charge in [-0.15, -0.1) is 11.8 Å². The van der Waals surface area contributed by atoms with Crippen molar-refractivity contribution in [3.05, 3.63) is 94.9 Å². The summed E-state index contributed by atoms with van der Waals surface area (Å²) < 4.78 is 5.42. The second-order valence-electron chi connectivity index (χ2n) is 8.00. The lowest BCUT2D eigenvalue weighted by molar-refractivity contribution is -0.128. The standard InChI is InChI=1S/C25H24N2O3S/c28-23-16-31-25(27(23)15-20-7-4-14-30-20)19-12-10-18(11-13-19)24(29)26-22-9-3-6-17-5-1-2-8-21(17)22/h1-2,4-5,7-8,10-14,22,25H,3,6,9,15-16H2,(H,26,29)/t22-,25+/m1/s1. The van der Waals surface area contributed by atoms with Gasteiger partial charge in [-0.2, -0.15) is 0 Å². The molecule has 2 heterocycles. The molecule has 3 aromatic rings. The zero-order chi connectivity index (χ0) is 21.2. The maximum absolute atomic E-state index is 12.9. The van der Waals surface area contributed by atoms with Crippen LogP contribution in [0.1, 0.15) is 57.1 Å². The summed E-state index contributed by atoms with van der Waals surface area (Å²) in [7, 11) is 0. The molecular formula is C25H24N2O3S. The van der Waals surface area contributed by atoms with Crippen LogP contribution in [0.15, 0.2) is 71.3 Å². The first-order valence-electron chi connectivity index (χ1n) is 10.6. The van der Waals surface area contributed by atoms with Crippen molar-refractivity contribution in [3.63, 3.8) is 0 Å². The second kappa shape index (κ2) is 8.63. The number of aryl methyl sites for hydroxylation is 1. The highest BCUT2D eigenvalue weighted by molar-refractivity contribution is 8.00. The Morgan fingerprint density at radius 2 is 1.94 bits per heavy atom. The lowest BCUT2D eigenvalue weighted by atomic mass is 9.87. The van der Waals surface area contributed by atoms with E-state index in [9.17, 15) is 9.59 Å². The first kappa shape index (κ1) is 19.9. The van der Waals surface area contributed by atoms with Gasteiger partial charge in [-0.25, -0.2) is 0 Å². The Bertz CT molecular complexity index is 1080. The molecule has 0 spiro atoms. The molecule has 1 aromatic heterocycles. The number of amides is 2. The summed E-state index contributed by atoms with van der Waals surface area (Å²) in [6.45, 7) is 0.451. The third-order valence-electron chi connectivity index (χ3n) is 6.01. The van der Waals surface area contributed by atoms with Crippen molar-refractivity contribution in [3.8, 4) is 0 Å². The van der Waals surface area contributed by atoms with Gasteiger partial charge in [0.15, 0.2) is 0 Å². The van der Waals surface area contributed by atoms with Crippen LogP contribution in [0.5, 0.6) is 0 Å². The van der Waals surface area contributed by atoms with Gasteiger partial charge in [0.05, 0.1) is 24.6 Å². The first-order chi connectivity index (χ1) is 15.2. The van der Waals surface area contributed by atoms with Gasteiger partial charge in [0, 0.05) is 5.56 Å². The third kappa shape index (κ3) is 4.12. The Morgan fingerprint density at radius 3 is 2.74 bits per heavy atom. The number of carbonyl (C=O) groups excluding carboxylic acids is 2. The van der Waals surface area contributed by atoms with Crippen molar-refractivity contribution in [2.75, 3.05) is 5.75 Å². The molecule has 2 aliphatic rings. The number of nitrogens with zero attached hydrogens (tertiary/aromatic N) is 1. The minimum Gasteiger partial charge on any atom is -0.467 e. The molecule has 0 unspecified atom stereocenters. The number of fused-ring (bicyclic) bond motifs is 1. The van der Waals surface area contributed by atoms with E-state index in [4.69, 9.17) is 4.42 Å². The average molecular weight is 433 g/mol. The highest BCUT2D eigenvalue weighted by Crippen LogP contribution is 2.39. The molecule has 2 aromatic carbocycles. The molecule has 1 aliphatic heterocycles. The summed E-state index contributed by atoms with van der Waals surface area (Å²) in [5.74, 6) is 1.26. The minimum atomic E-state index is -0.0695. The van der Waals surface area contributed by atoms with Crippen LogP contribution in [-0.2, 0) is 17.8 Å². The van der Waals surface area contributed by atoms with Crippen molar-refractivity contribution < 1.29 is 14.0 Å². The summed E-state index contributed by atoms with van der Waals surface area (Å²) in [6, 6.07) is 19.7. The summed E-state index contributed by atoms with van der Waals surface area (Å²) in [4.78, 5) is 27.1. The van der Waals surface area contributed by atoms with E-state index >= 15 is 0 Å². The molecule has 1 aliphatic carbocycles. The number of thioether (sulfide) groups is 1. The van der Waals surface area contributed by atoms with Crippen LogP contribution in [0.4, 0.5) is 0 Å². The highest BCUT2D eigenvalue weighted by atomic mass is 32.2. The van der Waals surface area contributed by atoms with Gasteiger partial charge in [-0.3, -0.25) is 9.59 Å². The summed E-state index contributed by atoms with van der Waals surface area (Å²) in [5.41, 5.74) is 4.21. The van der Waals surface area contributed by atoms with Gasteiger partial charge in [0.2, 0.25) is 5.91 Å². The monoisotopic (exact) mass is 432 g/mol. The van der Waals surface area contributed by atoms with Crippen LogP contribution in [0.3, 0.4) is 0 Å². The Balaban J connectivity index is 1.29. The number of carbonyl (C=O) groups is 2. The molecule has 1 N–H and O–H groups in total. The Hall–Kier alpha value is -2.99. The quantitative estimate of drug-likeness (QED) is 0.625. The fourth-order valence-electron chi connectivity index (χ4n) is 4.42. The second-order valence-corrected chi connectivity index (χ2v) is 9.07. The average Bonchev–Trinajstić information content (AvgIpc) is 3.45. The Labute approximate surface area is 185 Å². The largest absolute Gasteiger partial charge is 0.467 e. The van der Waals surface area contributed by atoms with Crippen LogP contribution in [0.25, 0.3) is 0 Å². The molecule has 5 rings (SSSR count). The zero-order valence-electron chi connectivity index (χ0n) is 17.1. The van der Waals surface area contributed by atoms with Crippen LogP contribution >= 0.6 is 11.8 Å². The van der Waals surface area contributed by atoms with E-state index in [-0.39, 0.29) is 23.2 Å². The normalized spacial score (nSPS) is 20.5. The van der Waals surface area contributed by atoms with E-state index in [0.717, 1.165) is 30.6 Å². The number of benzene rings is 2. The molecule has 31 heavy (non-hydrogen) atoms. The van der Waals surface area contributed by atoms with Gasteiger partial charge in [-0.05, 0) is 60.2 Å². The van der Waals surface area contributed by atoms with Crippen LogP contribution < -0.4 is 5.32 Å². The van der Waals surface area contributed by atoms with Gasteiger partial charge in [-0.1, -0.05) is 36.4 Å². The van der Waals surface area contributed by atoms with E-state index in [1.54, 1.807) is 18.0 Å². The van der Waals surface area contributed by atoms with Crippen molar-refractivity contribution in [2.24, 2.45) is 0 Å². The molecule has 0 bridgehead atoms. The SMILES string of the molecule is O=C(N[C@@H]1CCCc2ccccc21)c1ccc([C@@H]2SCC(=O)N2Cc2ccco2)cc1. The molecule has 2 atom stereocenters. The van der Waals surface area contributed by atoms with Gasteiger partial charge in [0.25, 0.3) is 5.91 Å². The van der Waals surface area contributed by atoms with Crippen LogP contribution in [0.2, 0.25) is 0 Å². The molecule has 6 heteroatoms.